The van der Waals surface area contributed by atoms with E-state index in [2.05, 4.69) is 4.98 Å². The fourth-order valence-corrected chi connectivity index (χ4v) is 4.85. The third-order valence-electron chi connectivity index (χ3n) is 5.84. The molecule has 2 fully saturated rings. The molecular weight excluding hydrogens is 316 g/mol. The monoisotopic (exact) mass is 332 g/mol. The van der Waals surface area contributed by atoms with Crippen LogP contribution in [-0.4, -0.2) is 27.5 Å². The van der Waals surface area contributed by atoms with Crippen LogP contribution >= 0.6 is 0 Å². The van der Waals surface area contributed by atoms with Gasteiger partial charge in [0.15, 0.2) is 0 Å². The van der Waals surface area contributed by atoms with Crippen molar-refractivity contribution in [3.8, 4) is 0 Å². The van der Waals surface area contributed by atoms with Gasteiger partial charge in [-0.15, -0.1) is 0 Å². The first-order valence-corrected chi connectivity index (χ1v) is 8.52. The van der Waals surface area contributed by atoms with Gasteiger partial charge < -0.3 is 0 Å². The van der Waals surface area contributed by atoms with Gasteiger partial charge in [0.2, 0.25) is 11.8 Å². The first kappa shape index (κ1) is 14.5. The highest BCUT2D eigenvalue weighted by Gasteiger charge is 2.62. The Bertz CT molecular complexity index is 908. The van der Waals surface area contributed by atoms with E-state index < -0.39 is 17.8 Å². The molecule has 25 heavy (non-hydrogen) atoms. The second-order valence-electron chi connectivity index (χ2n) is 7.06. The van der Waals surface area contributed by atoms with E-state index in [1.807, 2.05) is 30.3 Å². The molecule has 5 nitrogen and oxygen atoms in total. The van der Waals surface area contributed by atoms with Crippen molar-refractivity contribution in [3.05, 3.63) is 65.5 Å². The van der Waals surface area contributed by atoms with E-state index in [9.17, 15) is 14.4 Å². The van der Waals surface area contributed by atoms with E-state index in [0.29, 0.717) is 6.42 Å². The summed E-state index contributed by atoms with van der Waals surface area (Å²) in [5, 5.41) is 0. The summed E-state index contributed by atoms with van der Waals surface area (Å²) in [6, 6.07) is 11.4. The summed E-state index contributed by atoms with van der Waals surface area (Å²) in [5.74, 6) is -1.84. The number of ketones is 1. The fourth-order valence-electron chi connectivity index (χ4n) is 4.85. The van der Waals surface area contributed by atoms with Crippen LogP contribution in [0.3, 0.4) is 0 Å². The number of benzene rings is 1. The second-order valence-corrected chi connectivity index (χ2v) is 7.06. The van der Waals surface area contributed by atoms with E-state index >= 15 is 0 Å². The molecule has 6 rings (SSSR count). The highest BCUT2D eigenvalue weighted by Crippen LogP contribution is 2.57. The number of Topliss-reactive ketones (excluding diaryl/α,β-unsaturated/α-hetero) is 1. The lowest BCUT2D eigenvalue weighted by atomic mass is 9.56. The number of amides is 2. The molecule has 1 saturated carbocycles. The normalized spacial score (nSPS) is 29.8. The lowest BCUT2D eigenvalue weighted by Gasteiger charge is -2.43. The molecule has 3 aliphatic carbocycles. The minimum Gasteiger partial charge on any atom is -0.299 e. The zero-order valence-electron chi connectivity index (χ0n) is 13.5. The van der Waals surface area contributed by atoms with Gasteiger partial charge in [-0.25, -0.2) is 0 Å². The molecule has 0 radical (unpaired) electrons. The van der Waals surface area contributed by atoms with Crippen LogP contribution in [0.5, 0.6) is 0 Å². The fraction of sp³-hybridized carbons (Fsp3) is 0.300. The van der Waals surface area contributed by atoms with Crippen molar-refractivity contribution >= 4 is 17.6 Å². The Balaban J connectivity index is 1.57. The molecule has 1 aromatic carbocycles. The van der Waals surface area contributed by atoms with Crippen LogP contribution in [0.4, 0.5) is 0 Å². The number of carbonyl (C=O) groups is 3. The molecule has 124 valence electrons. The maximum atomic E-state index is 13.0. The number of fused-ring (bicyclic) bond motifs is 1. The van der Waals surface area contributed by atoms with Crippen molar-refractivity contribution < 1.29 is 14.4 Å². The molecule has 2 aromatic rings. The molecule has 4 atom stereocenters. The topological polar surface area (TPSA) is 67.3 Å². The predicted molar refractivity (Wildman–Crippen MR) is 88.3 cm³/mol. The quantitative estimate of drug-likeness (QED) is 0.789. The SMILES string of the molecule is O=C1CC2c3ccccc3C1C1C(=O)N(Cc3cccnc3)C(=O)C21. The van der Waals surface area contributed by atoms with Crippen molar-refractivity contribution in [2.75, 3.05) is 0 Å². The van der Waals surface area contributed by atoms with Crippen molar-refractivity contribution in [1.29, 1.82) is 0 Å². The number of aromatic nitrogens is 1. The molecular formula is C20H16N2O3. The average molecular weight is 332 g/mol. The predicted octanol–water partition coefficient (Wildman–Crippen LogP) is 2.04. The van der Waals surface area contributed by atoms with E-state index in [1.54, 1.807) is 18.5 Å². The van der Waals surface area contributed by atoms with Crippen molar-refractivity contribution in [1.82, 2.24) is 9.88 Å². The number of hydrogen-bond acceptors (Lipinski definition) is 4. The highest BCUT2D eigenvalue weighted by atomic mass is 16.2. The smallest absolute Gasteiger partial charge is 0.234 e. The summed E-state index contributed by atoms with van der Waals surface area (Å²) in [4.78, 5) is 44.0. The number of imide groups is 1. The van der Waals surface area contributed by atoms with E-state index in [4.69, 9.17) is 0 Å². The Labute approximate surface area is 144 Å². The Morgan fingerprint density at radius 1 is 0.960 bits per heavy atom. The molecule has 1 aliphatic heterocycles. The summed E-state index contributed by atoms with van der Waals surface area (Å²) in [5.41, 5.74) is 2.83. The van der Waals surface area contributed by atoms with Crippen LogP contribution in [0.25, 0.3) is 0 Å². The minimum atomic E-state index is -0.537. The Kier molecular flexibility index (Phi) is 2.95. The molecule has 1 aromatic heterocycles. The summed E-state index contributed by atoms with van der Waals surface area (Å²) < 4.78 is 0. The summed E-state index contributed by atoms with van der Waals surface area (Å²) in [6.45, 7) is 0.225. The van der Waals surface area contributed by atoms with Crippen LogP contribution in [0, 0.1) is 11.8 Å². The third kappa shape index (κ3) is 1.89. The number of carbonyl (C=O) groups excluding carboxylic acids is 3. The van der Waals surface area contributed by atoms with Gasteiger partial charge in [-0.2, -0.15) is 0 Å². The molecule has 2 bridgehead atoms. The van der Waals surface area contributed by atoms with E-state index in [1.165, 1.54) is 4.90 Å². The minimum absolute atomic E-state index is 0.0920. The van der Waals surface area contributed by atoms with Crippen LogP contribution in [0.1, 0.15) is 34.9 Å². The van der Waals surface area contributed by atoms with Crippen molar-refractivity contribution in [2.24, 2.45) is 11.8 Å². The third-order valence-corrected chi connectivity index (χ3v) is 5.84. The molecule has 2 heterocycles. The maximum Gasteiger partial charge on any atom is 0.234 e. The molecule has 4 unspecified atom stereocenters. The zero-order chi connectivity index (χ0) is 17.1. The van der Waals surface area contributed by atoms with E-state index in [0.717, 1.165) is 16.7 Å². The highest BCUT2D eigenvalue weighted by molar-refractivity contribution is 6.11. The standard InChI is InChI=1S/C20H16N2O3/c23-15-8-14-12-5-1-2-6-13(12)16(15)18-17(14)19(24)22(20(18)25)10-11-4-3-7-21-9-11/h1-7,9,14,16-18H,8,10H2. The van der Waals surface area contributed by atoms with Crippen LogP contribution in [0.2, 0.25) is 0 Å². The summed E-state index contributed by atoms with van der Waals surface area (Å²) in [7, 11) is 0. The maximum absolute atomic E-state index is 13.0. The zero-order valence-corrected chi connectivity index (χ0v) is 13.5. The molecule has 5 heteroatoms. The Morgan fingerprint density at radius 2 is 1.72 bits per heavy atom. The average Bonchev–Trinajstić information content (AvgIpc) is 2.89. The second kappa shape index (κ2) is 5.09. The molecule has 0 spiro atoms. The van der Waals surface area contributed by atoms with Gasteiger partial charge >= 0.3 is 0 Å². The van der Waals surface area contributed by atoms with Gasteiger partial charge in [-0.05, 0) is 22.8 Å². The lowest BCUT2D eigenvalue weighted by molar-refractivity contribution is -0.141. The number of hydrogen-bond donors (Lipinski definition) is 0. The molecule has 2 amide bonds. The molecule has 0 N–H and O–H groups in total. The van der Waals surface area contributed by atoms with Gasteiger partial charge in [-0.1, -0.05) is 30.3 Å². The summed E-state index contributed by atoms with van der Waals surface area (Å²) >= 11 is 0. The van der Waals surface area contributed by atoms with E-state index in [-0.39, 0.29) is 30.1 Å². The van der Waals surface area contributed by atoms with Gasteiger partial charge in [0, 0.05) is 24.7 Å². The Hall–Kier alpha value is -2.82. The lowest BCUT2D eigenvalue weighted by Crippen LogP contribution is -2.44. The van der Waals surface area contributed by atoms with Crippen LogP contribution in [-0.2, 0) is 20.9 Å². The van der Waals surface area contributed by atoms with Gasteiger partial charge in [0.25, 0.3) is 0 Å². The number of likely N-dealkylation sites (tertiary alicyclic amines) is 1. The Morgan fingerprint density at radius 3 is 2.48 bits per heavy atom. The summed E-state index contributed by atoms with van der Waals surface area (Å²) in [6.07, 6.45) is 3.69. The largest absolute Gasteiger partial charge is 0.299 e. The number of rotatable bonds is 2. The van der Waals surface area contributed by atoms with Gasteiger partial charge in [0.1, 0.15) is 5.78 Å². The van der Waals surface area contributed by atoms with Crippen molar-refractivity contribution in [3.63, 3.8) is 0 Å². The van der Waals surface area contributed by atoms with Crippen LogP contribution < -0.4 is 0 Å². The van der Waals surface area contributed by atoms with Crippen molar-refractivity contribution in [2.45, 2.75) is 24.8 Å². The first-order valence-electron chi connectivity index (χ1n) is 8.52. The van der Waals surface area contributed by atoms with Crippen LogP contribution in [0.15, 0.2) is 48.8 Å². The van der Waals surface area contributed by atoms with Gasteiger partial charge in [0.05, 0.1) is 24.3 Å². The number of pyridine rings is 1. The number of nitrogens with zero attached hydrogens (tertiary/aromatic N) is 2. The molecule has 4 aliphatic rings. The van der Waals surface area contributed by atoms with Gasteiger partial charge in [-0.3, -0.25) is 24.3 Å². The first-order chi connectivity index (χ1) is 12.2. The molecule has 1 saturated heterocycles.